The molecule has 0 amide bonds. The monoisotopic (exact) mass is 246 g/mol. The SMILES string of the molecule is N=C(N)C1CCCC1NS(=O)(=O)NC1CC1. The highest BCUT2D eigenvalue weighted by atomic mass is 32.2. The quantitative estimate of drug-likeness (QED) is 0.394. The second-order valence-corrected chi connectivity index (χ2v) is 6.09. The Morgan fingerprint density at radius 1 is 1.19 bits per heavy atom. The smallest absolute Gasteiger partial charge is 0.277 e. The molecule has 2 saturated carbocycles. The van der Waals surface area contributed by atoms with E-state index in [9.17, 15) is 8.42 Å². The second kappa shape index (κ2) is 4.31. The van der Waals surface area contributed by atoms with Gasteiger partial charge in [-0.3, -0.25) is 5.41 Å². The summed E-state index contributed by atoms with van der Waals surface area (Å²) in [4.78, 5) is 0. The maximum Gasteiger partial charge on any atom is 0.277 e. The van der Waals surface area contributed by atoms with Crippen LogP contribution in [0.1, 0.15) is 32.1 Å². The van der Waals surface area contributed by atoms with Crippen molar-refractivity contribution in [3.63, 3.8) is 0 Å². The van der Waals surface area contributed by atoms with Gasteiger partial charge in [-0.1, -0.05) is 6.42 Å². The van der Waals surface area contributed by atoms with Gasteiger partial charge in [0.1, 0.15) is 0 Å². The van der Waals surface area contributed by atoms with E-state index in [4.69, 9.17) is 11.1 Å². The maximum atomic E-state index is 11.7. The summed E-state index contributed by atoms with van der Waals surface area (Å²) in [5.41, 5.74) is 5.45. The van der Waals surface area contributed by atoms with Crippen molar-refractivity contribution in [3.8, 4) is 0 Å². The van der Waals surface area contributed by atoms with E-state index in [2.05, 4.69) is 9.44 Å². The van der Waals surface area contributed by atoms with E-state index in [1.54, 1.807) is 0 Å². The van der Waals surface area contributed by atoms with Gasteiger partial charge < -0.3 is 5.73 Å². The zero-order valence-electron chi connectivity index (χ0n) is 9.07. The van der Waals surface area contributed by atoms with Gasteiger partial charge in [0, 0.05) is 18.0 Å². The first-order valence-corrected chi connectivity index (χ1v) is 7.10. The lowest BCUT2D eigenvalue weighted by molar-refractivity contribution is 0.512. The molecule has 0 radical (unpaired) electrons. The molecule has 5 N–H and O–H groups in total. The van der Waals surface area contributed by atoms with Crippen LogP contribution in [-0.2, 0) is 10.2 Å². The number of hydrogen-bond acceptors (Lipinski definition) is 3. The fraction of sp³-hybridized carbons (Fsp3) is 0.889. The molecule has 16 heavy (non-hydrogen) atoms. The number of nitrogens with one attached hydrogen (secondary N) is 3. The van der Waals surface area contributed by atoms with Crippen LogP contribution in [0.5, 0.6) is 0 Å². The minimum atomic E-state index is -3.42. The Kier molecular flexibility index (Phi) is 3.18. The largest absolute Gasteiger partial charge is 0.387 e. The third-order valence-corrected chi connectivity index (χ3v) is 4.38. The molecule has 92 valence electrons. The second-order valence-electron chi connectivity index (χ2n) is 4.61. The van der Waals surface area contributed by atoms with Crippen LogP contribution in [0.4, 0.5) is 0 Å². The van der Waals surface area contributed by atoms with Crippen molar-refractivity contribution in [1.82, 2.24) is 9.44 Å². The summed E-state index contributed by atoms with van der Waals surface area (Å²) in [6.45, 7) is 0. The first kappa shape index (κ1) is 11.8. The van der Waals surface area contributed by atoms with Gasteiger partial charge in [0.2, 0.25) is 0 Å². The Bertz CT molecular complexity index is 377. The molecule has 0 aromatic carbocycles. The zero-order valence-corrected chi connectivity index (χ0v) is 9.89. The fourth-order valence-electron chi connectivity index (χ4n) is 2.13. The lowest BCUT2D eigenvalue weighted by Gasteiger charge is -2.19. The van der Waals surface area contributed by atoms with Crippen LogP contribution in [0, 0.1) is 11.3 Å². The highest BCUT2D eigenvalue weighted by Crippen LogP contribution is 2.26. The molecule has 0 aromatic heterocycles. The van der Waals surface area contributed by atoms with Crippen LogP contribution in [-0.4, -0.2) is 26.3 Å². The maximum absolute atomic E-state index is 11.7. The molecule has 0 saturated heterocycles. The summed E-state index contributed by atoms with van der Waals surface area (Å²) in [6.07, 6.45) is 4.31. The number of hydrogen-bond donors (Lipinski definition) is 4. The van der Waals surface area contributed by atoms with E-state index in [1.165, 1.54) is 0 Å². The normalized spacial score (nSPS) is 30.5. The standard InChI is InChI=1S/C9H18N4O2S/c10-9(11)7-2-1-3-8(7)13-16(14,15)12-6-4-5-6/h6-8,12-13H,1-5H2,(H3,10,11). The predicted molar refractivity (Wildman–Crippen MR) is 61.3 cm³/mol. The molecule has 0 aromatic rings. The number of rotatable bonds is 5. The van der Waals surface area contributed by atoms with E-state index in [-0.39, 0.29) is 23.8 Å². The summed E-state index contributed by atoms with van der Waals surface area (Å²) in [6, 6.07) is -0.108. The predicted octanol–water partition coefficient (Wildman–Crippen LogP) is -0.323. The van der Waals surface area contributed by atoms with Crippen LogP contribution < -0.4 is 15.2 Å². The molecular formula is C9H18N4O2S. The lowest BCUT2D eigenvalue weighted by atomic mass is 10.0. The molecule has 2 rings (SSSR count). The molecule has 0 aliphatic heterocycles. The molecule has 2 aliphatic carbocycles. The van der Waals surface area contributed by atoms with Crippen LogP contribution in [0.3, 0.4) is 0 Å². The number of nitrogens with two attached hydrogens (primary N) is 1. The van der Waals surface area contributed by atoms with Gasteiger partial charge in [0.05, 0.1) is 5.84 Å². The average molecular weight is 246 g/mol. The van der Waals surface area contributed by atoms with Crippen molar-refractivity contribution in [1.29, 1.82) is 5.41 Å². The van der Waals surface area contributed by atoms with Gasteiger partial charge in [0.15, 0.2) is 0 Å². The summed E-state index contributed by atoms with van der Waals surface area (Å²) in [5, 5.41) is 7.41. The lowest BCUT2D eigenvalue weighted by Crippen LogP contribution is -2.47. The molecule has 2 aliphatic rings. The first-order valence-electron chi connectivity index (χ1n) is 5.61. The molecule has 0 heterocycles. The van der Waals surface area contributed by atoms with Crippen molar-refractivity contribution >= 4 is 16.0 Å². The van der Waals surface area contributed by atoms with E-state index in [0.717, 1.165) is 32.1 Å². The van der Waals surface area contributed by atoms with Gasteiger partial charge in [-0.2, -0.15) is 17.9 Å². The minimum Gasteiger partial charge on any atom is -0.387 e. The zero-order chi connectivity index (χ0) is 11.8. The molecule has 6 nitrogen and oxygen atoms in total. The average Bonchev–Trinajstić information content (AvgIpc) is 2.80. The first-order chi connectivity index (χ1) is 7.48. The van der Waals surface area contributed by atoms with Crippen LogP contribution >= 0.6 is 0 Å². The minimum absolute atomic E-state index is 0.0802. The molecule has 2 atom stereocenters. The van der Waals surface area contributed by atoms with Crippen LogP contribution in [0.2, 0.25) is 0 Å². The summed E-state index contributed by atoms with van der Waals surface area (Å²) in [5.74, 6) is -0.0626. The van der Waals surface area contributed by atoms with E-state index < -0.39 is 10.2 Å². The molecule has 2 unspecified atom stereocenters. The van der Waals surface area contributed by atoms with Crippen molar-refractivity contribution in [3.05, 3.63) is 0 Å². The third kappa shape index (κ3) is 2.93. The van der Waals surface area contributed by atoms with Crippen LogP contribution in [0.15, 0.2) is 0 Å². The molecule has 0 spiro atoms. The van der Waals surface area contributed by atoms with E-state index in [1.807, 2.05) is 0 Å². The Labute approximate surface area is 95.7 Å². The third-order valence-electron chi connectivity index (χ3n) is 3.12. The van der Waals surface area contributed by atoms with Crippen molar-refractivity contribution < 1.29 is 8.42 Å². The molecular weight excluding hydrogens is 228 g/mol. The van der Waals surface area contributed by atoms with Crippen molar-refractivity contribution in [2.45, 2.75) is 44.2 Å². The van der Waals surface area contributed by atoms with Gasteiger partial charge in [-0.15, -0.1) is 0 Å². The number of amidine groups is 1. The highest BCUT2D eigenvalue weighted by Gasteiger charge is 2.34. The van der Waals surface area contributed by atoms with Gasteiger partial charge >= 0.3 is 0 Å². The summed E-state index contributed by atoms with van der Waals surface area (Å²) in [7, 11) is -3.42. The van der Waals surface area contributed by atoms with Crippen molar-refractivity contribution in [2.75, 3.05) is 0 Å². The molecule has 2 fully saturated rings. The van der Waals surface area contributed by atoms with Gasteiger partial charge in [-0.25, -0.2) is 0 Å². The Morgan fingerprint density at radius 2 is 1.88 bits per heavy atom. The van der Waals surface area contributed by atoms with Crippen LogP contribution in [0.25, 0.3) is 0 Å². The molecule has 0 bridgehead atoms. The Balaban J connectivity index is 1.94. The highest BCUT2D eigenvalue weighted by molar-refractivity contribution is 7.87. The fourth-order valence-corrected chi connectivity index (χ4v) is 3.55. The summed E-state index contributed by atoms with van der Waals surface area (Å²) >= 11 is 0. The van der Waals surface area contributed by atoms with E-state index >= 15 is 0 Å². The van der Waals surface area contributed by atoms with Gasteiger partial charge in [0.25, 0.3) is 10.2 Å². The Hall–Kier alpha value is -0.660. The van der Waals surface area contributed by atoms with Crippen molar-refractivity contribution in [2.24, 2.45) is 11.7 Å². The summed E-state index contributed by atoms with van der Waals surface area (Å²) < 4.78 is 28.5. The Morgan fingerprint density at radius 3 is 2.44 bits per heavy atom. The van der Waals surface area contributed by atoms with E-state index in [0.29, 0.717) is 0 Å². The molecule has 7 heteroatoms. The van der Waals surface area contributed by atoms with Gasteiger partial charge in [-0.05, 0) is 25.7 Å². The topological polar surface area (TPSA) is 108 Å².